The van der Waals surface area contributed by atoms with E-state index in [9.17, 15) is 13.2 Å². The first-order valence-corrected chi connectivity index (χ1v) is 7.44. The Morgan fingerprint density at radius 2 is 1.80 bits per heavy atom. The van der Waals surface area contributed by atoms with Crippen molar-refractivity contribution in [2.24, 2.45) is 5.41 Å². The highest BCUT2D eigenvalue weighted by atomic mass is 79.9. The Balaban J connectivity index is 2.98. The van der Waals surface area contributed by atoms with Gasteiger partial charge in [0, 0.05) is 10.5 Å². The van der Waals surface area contributed by atoms with Crippen molar-refractivity contribution in [1.82, 2.24) is 5.32 Å². The molecule has 0 saturated carbocycles. The second-order valence-corrected chi connectivity index (χ2v) is 6.84. The number of likely N-dealkylation sites (N-methyl/N-ethyl adjacent to an activating group) is 1. The van der Waals surface area contributed by atoms with Gasteiger partial charge in [-0.1, -0.05) is 49.7 Å². The van der Waals surface area contributed by atoms with E-state index in [0.29, 0.717) is 10.9 Å². The quantitative estimate of drug-likeness (QED) is 0.801. The molecule has 0 aliphatic heterocycles. The van der Waals surface area contributed by atoms with E-state index in [1.165, 1.54) is 0 Å². The number of halogens is 4. The van der Waals surface area contributed by atoms with Gasteiger partial charge in [-0.2, -0.15) is 13.2 Å². The van der Waals surface area contributed by atoms with Crippen LogP contribution in [0, 0.1) is 5.41 Å². The lowest BCUT2D eigenvalue weighted by molar-refractivity contribution is -0.137. The van der Waals surface area contributed by atoms with E-state index in [-0.39, 0.29) is 11.5 Å². The Bertz CT molecular complexity index is 449. The number of hydrogen-bond acceptors (Lipinski definition) is 1. The Labute approximate surface area is 127 Å². The molecule has 1 nitrogen and oxygen atoms in total. The van der Waals surface area contributed by atoms with Crippen molar-refractivity contribution in [3.8, 4) is 0 Å². The maximum atomic E-state index is 12.6. The molecule has 1 rings (SSSR count). The molecule has 20 heavy (non-hydrogen) atoms. The van der Waals surface area contributed by atoms with E-state index in [0.717, 1.165) is 24.2 Å². The molecule has 0 aliphatic rings. The van der Waals surface area contributed by atoms with E-state index in [2.05, 4.69) is 42.0 Å². The minimum absolute atomic E-state index is 0.0398. The lowest BCUT2D eigenvalue weighted by Gasteiger charge is -2.32. The predicted octanol–water partition coefficient (Wildman–Crippen LogP) is 5.03. The van der Waals surface area contributed by atoms with Crippen LogP contribution in [0.5, 0.6) is 0 Å². The highest BCUT2D eigenvalue weighted by molar-refractivity contribution is 9.10. The summed E-state index contributed by atoms with van der Waals surface area (Å²) in [4.78, 5) is 0. The molecule has 0 fully saturated rings. The van der Waals surface area contributed by atoms with Crippen molar-refractivity contribution in [3.05, 3.63) is 33.8 Å². The van der Waals surface area contributed by atoms with Crippen LogP contribution < -0.4 is 5.32 Å². The molecular formula is C15H21BrF3N. The lowest BCUT2D eigenvalue weighted by atomic mass is 9.83. The van der Waals surface area contributed by atoms with Gasteiger partial charge >= 0.3 is 6.18 Å². The van der Waals surface area contributed by atoms with Crippen LogP contribution in [0.25, 0.3) is 0 Å². The average Bonchev–Trinajstić information content (AvgIpc) is 2.28. The van der Waals surface area contributed by atoms with Crippen LogP contribution in [0.4, 0.5) is 13.2 Å². The normalized spacial score (nSPS) is 14.4. The first kappa shape index (κ1) is 17.5. The standard InChI is InChI=1S/C15H21BrF3N/c1-5-20-13(14(2,3)4)8-10-6-7-11(9-12(10)16)15(17,18)19/h6-7,9,13,20H,5,8H2,1-4H3. The van der Waals surface area contributed by atoms with Gasteiger partial charge in [0.05, 0.1) is 5.56 Å². The van der Waals surface area contributed by atoms with Gasteiger partial charge in [0.25, 0.3) is 0 Å². The molecule has 0 spiro atoms. The SMILES string of the molecule is CCNC(Cc1ccc(C(F)(F)F)cc1Br)C(C)(C)C. The van der Waals surface area contributed by atoms with E-state index in [1.54, 1.807) is 6.07 Å². The Morgan fingerprint density at radius 3 is 2.20 bits per heavy atom. The van der Waals surface area contributed by atoms with Crippen LogP contribution in [0.2, 0.25) is 0 Å². The first-order chi connectivity index (χ1) is 9.05. The summed E-state index contributed by atoms with van der Waals surface area (Å²) in [6, 6.07) is 4.07. The maximum Gasteiger partial charge on any atom is 0.416 e. The zero-order chi connectivity index (χ0) is 15.6. The Kier molecular flexibility index (Phi) is 5.67. The molecule has 0 amide bonds. The molecule has 1 aromatic carbocycles. The van der Waals surface area contributed by atoms with E-state index >= 15 is 0 Å². The molecule has 0 bridgehead atoms. The van der Waals surface area contributed by atoms with Crippen LogP contribution in [-0.2, 0) is 12.6 Å². The highest BCUT2D eigenvalue weighted by Gasteiger charge is 2.31. The van der Waals surface area contributed by atoms with E-state index in [4.69, 9.17) is 0 Å². The molecule has 0 saturated heterocycles. The largest absolute Gasteiger partial charge is 0.416 e. The number of benzene rings is 1. The highest BCUT2D eigenvalue weighted by Crippen LogP contribution is 2.33. The Morgan fingerprint density at radius 1 is 1.20 bits per heavy atom. The fraction of sp³-hybridized carbons (Fsp3) is 0.600. The predicted molar refractivity (Wildman–Crippen MR) is 79.8 cm³/mol. The minimum Gasteiger partial charge on any atom is -0.313 e. The van der Waals surface area contributed by atoms with Crippen molar-refractivity contribution in [2.45, 2.75) is 46.3 Å². The monoisotopic (exact) mass is 351 g/mol. The summed E-state index contributed by atoms with van der Waals surface area (Å²) in [6.07, 6.45) is -3.61. The summed E-state index contributed by atoms with van der Waals surface area (Å²) in [5.74, 6) is 0. The van der Waals surface area contributed by atoms with Gasteiger partial charge in [0.1, 0.15) is 0 Å². The van der Waals surface area contributed by atoms with Gasteiger partial charge in [0.15, 0.2) is 0 Å². The number of rotatable bonds is 4. The van der Waals surface area contributed by atoms with Crippen LogP contribution in [0.1, 0.15) is 38.8 Å². The van der Waals surface area contributed by atoms with Gasteiger partial charge in [-0.25, -0.2) is 0 Å². The molecule has 1 aromatic rings. The van der Waals surface area contributed by atoms with Gasteiger partial charge in [-0.3, -0.25) is 0 Å². The van der Waals surface area contributed by atoms with Crippen molar-refractivity contribution < 1.29 is 13.2 Å². The van der Waals surface area contributed by atoms with Crippen LogP contribution >= 0.6 is 15.9 Å². The second kappa shape index (κ2) is 6.48. The molecule has 0 aliphatic carbocycles. The van der Waals surface area contributed by atoms with Crippen molar-refractivity contribution >= 4 is 15.9 Å². The number of hydrogen-bond donors (Lipinski definition) is 1. The molecule has 1 unspecified atom stereocenters. The second-order valence-electron chi connectivity index (χ2n) is 5.98. The van der Waals surface area contributed by atoms with E-state index < -0.39 is 11.7 Å². The molecular weight excluding hydrogens is 331 g/mol. The molecule has 1 atom stereocenters. The zero-order valence-electron chi connectivity index (χ0n) is 12.2. The Hall–Kier alpha value is -0.550. The van der Waals surface area contributed by atoms with Crippen LogP contribution in [-0.4, -0.2) is 12.6 Å². The fourth-order valence-electron chi connectivity index (χ4n) is 2.04. The third kappa shape index (κ3) is 4.77. The molecule has 0 aromatic heterocycles. The van der Waals surface area contributed by atoms with Crippen molar-refractivity contribution in [1.29, 1.82) is 0 Å². The third-order valence-corrected chi connectivity index (χ3v) is 4.04. The fourth-order valence-corrected chi connectivity index (χ4v) is 2.58. The van der Waals surface area contributed by atoms with Crippen molar-refractivity contribution in [2.75, 3.05) is 6.54 Å². The summed E-state index contributed by atoms with van der Waals surface area (Å²) in [6.45, 7) is 9.23. The topological polar surface area (TPSA) is 12.0 Å². The number of nitrogens with one attached hydrogen (secondary N) is 1. The molecule has 0 heterocycles. The lowest BCUT2D eigenvalue weighted by Crippen LogP contribution is -2.41. The zero-order valence-corrected chi connectivity index (χ0v) is 13.8. The summed E-state index contributed by atoms with van der Waals surface area (Å²) < 4.78 is 38.4. The summed E-state index contributed by atoms with van der Waals surface area (Å²) in [5.41, 5.74) is 0.306. The third-order valence-electron chi connectivity index (χ3n) is 3.30. The molecule has 1 N–H and O–H groups in total. The summed E-state index contributed by atoms with van der Waals surface area (Å²) in [7, 11) is 0. The average molecular weight is 352 g/mol. The van der Waals surface area contributed by atoms with Gasteiger partial charge in [-0.05, 0) is 36.1 Å². The van der Waals surface area contributed by atoms with Crippen LogP contribution in [0.3, 0.4) is 0 Å². The van der Waals surface area contributed by atoms with Gasteiger partial charge < -0.3 is 5.32 Å². The summed E-state index contributed by atoms with van der Waals surface area (Å²) >= 11 is 3.26. The summed E-state index contributed by atoms with van der Waals surface area (Å²) in [5, 5.41) is 3.40. The van der Waals surface area contributed by atoms with Gasteiger partial charge in [0.2, 0.25) is 0 Å². The van der Waals surface area contributed by atoms with Crippen LogP contribution in [0.15, 0.2) is 22.7 Å². The molecule has 114 valence electrons. The molecule has 0 radical (unpaired) electrons. The van der Waals surface area contributed by atoms with Gasteiger partial charge in [-0.15, -0.1) is 0 Å². The smallest absolute Gasteiger partial charge is 0.313 e. The minimum atomic E-state index is -4.30. The van der Waals surface area contributed by atoms with E-state index in [1.807, 2.05) is 6.92 Å². The van der Waals surface area contributed by atoms with Crippen molar-refractivity contribution in [3.63, 3.8) is 0 Å². The molecule has 5 heteroatoms. The number of alkyl halides is 3. The first-order valence-electron chi connectivity index (χ1n) is 6.64. The maximum absolute atomic E-state index is 12.6.